The lowest BCUT2D eigenvalue weighted by Crippen LogP contribution is -2.32. The average Bonchev–Trinajstić information content (AvgIpc) is 3.38. The van der Waals surface area contributed by atoms with E-state index in [1.165, 1.54) is 0 Å². The molecule has 1 aromatic carbocycles. The van der Waals surface area contributed by atoms with E-state index in [1.54, 1.807) is 25.4 Å². The van der Waals surface area contributed by atoms with Crippen LogP contribution in [0.2, 0.25) is 5.02 Å². The Morgan fingerprint density at radius 3 is 3.08 bits per heavy atom. The molecule has 0 radical (unpaired) electrons. The second-order valence-corrected chi connectivity index (χ2v) is 6.72. The van der Waals surface area contributed by atoms with Crippen molar-refractivity contribution in [2.45, 2.75) is 19.3 Å². The maximum absolute atomic E-state index is 12.8. The maximum Gasteiger partial charge on any atom is 0.259 e. The number of rotatable bonds is 2. The van der Waals surface area contributed by atoms with Gasteiger partial charge in [0.2, 0.25) is 17.4 Å². The largest absolute Gasteiger partial charge is 0.618 e. The van der Waals surface area contributed by atoms with E-state index in [9.17, 15) is 5.21 Å². The van der Waals surface area contributed by atoms with Crippen molar-refractivity contribution >= 4 is 28.2 Å². The van der Waals surface area contributed by atoms with Crippen molar-refractivity contribution in [1.29, 1.82) is 0 Å². The summed E-state index contributed by atoms with van der Waals surface area (Å²) in [5.74, 6) is 1.00. The lowest BCUT2D eigenvalue weighted by molar-refractivity contribution is -0.583. The van der Waals surface area contributed by atoms with Crippen molar-refractivity contribution in [2.24, 2.45) is 0 Å². The summed E-state index contributed by atoms with van der Waals surface area (Å²) in [5, 5.41) is 17.2. The fourth-order valence-corrected chi connectivity index (χ4v) is 3.68. The predicted octanol–water partition coefficient (Wildman–Crippen LogP) is 2.64. The van der Waals surface area contributed by atoms with Gasteiger partial charge in [-0.3, -0.25) is 4.40 Å². The van der Waals surface area contributed by atoms with Crippen LogP contribution in [-0.2, 0) is 4.74 Å². The van der Waals surface area contributed by atoms with Crippen LogP contribution in [0.15, 0.2) is 29.0 Å². The van der Waals surface area contributed by atoms with Gasteiger partial charge in [-0.2, -0.15) is 9.71 Å². The molecule has 1 atom stereocenters. The Bertz CT molecular complexity index is 1150. The van der Waals surface area contributed by atoms with Gasteiger partial charge in [-0.05, 0) is 18.6 Å². The number of aryl methyl sites for hydroxylation is 1. The summed E-state index contributed by atoms with van der Waals surface area (Å²) in [7, 11) is 0. The third kappa shape index (κ3) is 2.12. The average molecular weight is 372 g/mol. The highest BCUT2D eigenvalue weighted by molar-refractivity contribution is 6.34. The Hall–Kier alpha value is -2.71. The van der Waals surface area contributed by atoms with E-state index in [-0.39, 0.29) is 5.92 Å². The van der Waals surface area contributed by atoms with Crippen LogP contribution in [-0.4, -0.2) is 32.7 Å². The zero-order valence-electron chi connectivity index (χ0n) is 13.8. The van der Waals surface area contributed by atoms with Gasteiger partial charge in [-0.25, -0.2) is 4.98 Å². The van der Waals surface area contributed by atoms with Crippen LogP contribution in [0.5, 0.6) is 0 Å². The molecule has 1 aliphatic rings. The summed E-state index contributed by atoms with van der Waals surface area (Å²) in [6.07, 6.45) is 2.50. The smallest absolute Gasteiger partial charge is 0.259 e. The van der Waals surface area contributed by atoms with E-state index >= 15 is 0 Å². The Balaban J connectivity index is 1.74. The summed E-state index contributed by atoms with van der Waals surface area (Å²) in [6, 6.07) is 5.31. The number of aromatic nitrogens is 5. The van der Waals surface area contributed by atoms with Crippen LogP contribution in [0.25, 0.3) is 28.1 Å². The number of ether oxygens (including phenoxy) is 1. The van der Waals surface area contributed by atoms with Crippen molar-refractivity contribution in [3.63, 3.8) is 0 Å². The molecule has 1 unspecified atom stereocenters. The normalized spacial score (nSPS) is 17.5. The molecular weight excluding hydrogens is 358 g/mol. The number of halogens is 1. The first-order chi connectivity index (χ1) is 12.6. The van der Waals surface area contributed by atoms with Gasteiger partial charge in [-0.15, -0.1) is 0 Å². The van der Waals surface area contributed by atoms with E-state index in [4.69, 9.17) is 20.9 Å². The van der Waals surface area contributed by atoms with Crippen molar-refractivity contribution in [1.82, 2.24) is 19.5 Å². The molecule has 26 heavy (non-hydrogen) atoms. The van der Waals surface area contributed by atoms with E-state index in [0.29, 0.717) is 57.9 Å². The molecule has 1 aliphatic heterocycles. The van der Waals surface area contributed by atoms with Gasteiger partial charge in [0.05, 0.1) is 12.5 Å². The molecule has 0 saturated carbocycles. The van der Waals surface area contributed by atoms with Gasteiger partial charge in [-0.1, -0.05) is 22.8 Å². The molecule has 3 aromatic heterocycles. The molecule has 0 N–H and O–H groups in total. The van der Waals surface area contributed by atoms with Crippen molar-refractivity contribution in [3.05, 3.63) is 46.3 Å². The third-order valence-electron chi connectivity index (χ3n) is 4.78. The number of hydrogen-bond acceptors (Lipinski definition) is 6. The van der Waals surface area contributed by atoms with Crippen molar-refractivity contribution in [2.75, 3.05) is 13.2 Å². The van der Waals surface area contributed by atoms with Gasteiger partial charge in [0, 0.05) is 13.5 Å². The van der Waals surface area contributed by atoms with Crippen LogP contribution in [0.4, 0.5) is 0 Å². The van der Waals surface area contributed by atoms with Crippen molar-refractivity contribution < 1.29 is 14.0 Å². The first kappa shape index (κ1) is 15.5. The second-order valence-electron chi connectivity index (χ2n) is 6.32. The fourth-order valence-electron chi connectivity index (χ4n) is 3.43. The molecule has 0 spiro atoms. The minimum atomic E-state index is 0.107. The predicted molar refractivity (Wildman–Crippen MR) is 92.9 cm³/mol. The van der Waals surface area contributed by atoms with Gasteiger partial charge >= 0.3 is 0 Å². The topological polar surface area (TPSA) is 92.4 Å². The highest BCUT2D eigenvalue weighted by Crippen LogP contribution is 2.30. The number of benzene rings is 1. The lowest BCUT2D eigenvalue weighted by atomic mass is 10.1. The van der Waals surface area contributed by atoms with E-state index in [2.05, 4.69) is 15.1 Å². The summed E-state index contributed by atoms with van der Waals surface area (Å²) >= 11 is 6.23. The van der Waals surface area contributed by atoms with Crippen LogP contribution in [0.1, 0.15) is 23.9 Å². The van der Waals surface area contributed by atoms with Crippen LogP contribution in [0.3, 0.4) is 0 Å². The molecule has 9 heteroatoms. The summed E-state index contributed by atoms with van der Waals surface area (Å²) in [6.45, 7) is 2.99. The monoisotopic (exact) mass is 371 g/mol. The molecule has 5 rings (SSSR count). The Labute approximate surface area is 152 Å². The zero-order valence-corrected chi connectivity index (χ0v) is 14.6. The molecule has 132 valence electrons. The van der Waals surface area contributed by atoms with Gasteiger partial charge in [0.25, 0.3) is 5.52 Å². The third-order valence-corrected chi connectivity index (χ3v) is 5.08. The van der Waals surface area contributed by atoms with Crippen LogP contribution in [0, 0.1) is 12.1 Å². The van der Waals surface area contributed by atoms with Gasteiger partial charge < -0.3 is 14.5 Å². The number of nitrogens with zero attached hydrogens (tertiary/aromatic N) is 5. The molecule has 4 aromatic rings. The van der Waals surface area contributed by atoms with Gasteiger partial charge in [0.15, 0.2) is 0 Å². The lowest BCUT2D eigenvalue weighted by Gasteiger charge is -2.09. The van der Waals surface area contributed by atoms with Gasteiger partial charge in [0.1, 0.15) is 28.1 Å². The molecule has 1 fully saturated rings. The Morgan fingerprint density at radius 2 is 2.27 bits per heavy atom. The Morgan fingerprint density at radius 1 is 1.38 bits per heavy atom. The highest BCUT2D eigenvalue weighted by Gasteiger charge is 2.27. The first-order valence-corrected chi connectivity index (χ1v) is 8.62. The quantitative estimate of drug-likeness (QED) is 0.397. The summed E-state index contributed by atoms with van der Waals surface area (Å²) in [4.78, 5) is 8.92. The Kier molecular flexibility index (Phi) is 3.38. The van der Waals surface area contributed by atoms with Crippen LogP contribution < -0.4 is 4.73 Å². The summed E-state index contributed by atoms with van der Waals surface area (Å²) in [5.41, 5.74) is 2.67. The van der Waals surface area contributed by atoms with E-state index in [0.717, 1.165) is 11.2 Å². The van der Waals surface area contributed by atoms with E-state index in [1.807, 2.05) is 10.5 Å². The SMILES string of the molecule is Cc1c2c(-c3noc(C4CCOC4)n3)ncn2c2cccc(Cl)c2[n+]1[O-]. The molecule has 0 amide bonds. The number of para-hydroxylation sites is 1. The summed E-state index contributed by atoms with van der Waals surface area (Å²) < 4.78 is 13.4. The molecule has 8 nitrogen and oxygen atoms in total. The fraction of sp³-hybridized carbons (Fsp3) is 0.294. The number of fused-ring (bicyclic) bond motifs is 3. The minimum Gasteiger partial charge on any atom is -0.618 e. The highest BCUT2D eigenvalue weighted by atomic mass is 35.5. The minimum absolute atomic E-state index is 0.107. The van der Waals surface area contributed by atoms with E-state index < -0.39 is 0 Å². The van der Waals surface area contributed by atoms with Crippen LogP contribution >= 0.6 is 11.6 Å². The molecule has 4 heterocycles. The second kappa shape index (κ2) is 5.65. The maximum atomic E-state index is 12.8. The van der Waals surface area contributed by atoms with Crippen molar-refractivity contribution in [3.8, 4) is 11.5 Å². The zero-order chi connectivity index (χ0) is 17.8. The number of imidazole rings is 1. The standard InChI is InChI=1S/C17H14ClN5O3/c1-9-14-13(16-20-17(26-21-16)10-5-6-25-7-10)19-8-22(14)12-4-2-3-11(18)15(12)23(9)24/h2-4,8,10H,5-7H2,1H3. The molecular formula is C17H14ClN5O3. The first-order valence-electron chi connectivity index (χ1n) is 8.24. The molecule has 1 saturated heterocycles. The molecule has 0 aliphatic carbocycles. The molecule has 0 bridgehead atoms. The number of hydrogen-bond donors (Lipinski definition) is 0.